The van der Waals surface area contributed by atoms with Gasteiger partial charge in [0.1, 0.15) is 6.54 Å². The molecule has 1 fully saturated rings. The number of aliphatic imine (C=N–C) groups is 1. The van der Waals surface area contributed by atoms with Crippen LogP contribution >= 0.6 is 0 Å². The summed E-state index contributed by atoms with van der Waals surface area (Å²) < 4.78 is 5.43. The van der Waals surface area contributed by atoms with Gasteiger partial charge in [0, 0.05) is 23.0 Å². The minimum Gasteiger partial charge on any atom is -0.504 e. The van der Waals surface area contributed by atoms with Gasteiger partial charge in [-0.25, -0.2) is 0 Å². The van der Waals surface area contributed by atoms with Gasteiger partial charge in [-0.05, 0) is 43.3 Å². The van der Waals surface area contributed by atoms with Crippen LogP contribution in [0.5, 0.6) is 11.5 Å². The van der Waals surface area contributed by atoms with E-state index < -0.39 is 0 Å². The van der Waals surface area contributed by atoms with Crippen LogP contribution < -0.4 is 14.5 Å². The first-order valence-corrected chi connectivity index (χ1v) is 10.9. The van der Waals surface area contributed by atoms with Gasteiger partial charge in [0.2, 0.25) is 0 Å². The molecular weight excluding hydrogens is 386 g/mol. The maximum absolute atomic E-state index is 10.3. The number of para-hydroxylation sites is 1. The number of ether oxygens (including phenoxy) is 1. The minimum atomic E-state index is 0.126. The Labute approximate surface area is 184 Å². The lowest BCUT2D eigenvalue weighted by Gasteiger charge is -2.33. The van der Waals surface area contributed by atoms with E-state index >= 15 is 0 Å². The van der Waals surface area contributed by atoms with Crippen molar-refractivity contribution in [1.82, 2.24) is 0 Å². The van der Waals surface area contributed by atoms with E-state index in [1.54, 1.807) is 17.2 Å². The molecule has 0 spiro atoms. The third-order valence-electron chi connectivity index (χ3n) is 5.67. The number of benzene rings is 3. The molecule has 2 N–H and O–H groups in total. The molecule has 0 atom stereocenters. The van der Waals surface area contributed by atoms with Gasteiger partial charge in [-0.15, -0.1) is 0 Å². The zero-order valence-electron chi connectivity index (χ0n) is 18.0. The van der Waals surface area contributed by atoms with Crippen LogP contribution in [0.25, 0.3) is 0 Å². The third kappa shape index (κ3) is 5.44. The molecular formula is C26H30N3O2+. The Morgan fingerprint density at radius 1 is 0.968 bits per heavy atom. The first-order valence-electron chi connectivity index (χ1n) is 10.9. The Hall–Kier alpha value is -3.31. The molecule has 1 heterocycles. The first kappa shape index (κ1) is 20.9. The van der Waals surface area contributed by atoms with Crippen molar-refractivity contribution in [3.63, 3.8) is 0 Å². The summed E-state index contributed by atoms with van der Waals surface area (Å²) in [6.07, 6.45) is 1.68. The van der Waals surface area contributed by atoms with Gasteiger partial charge in [-0.3, -0.25) is 4.99 Å². The second-order valence-electron chi connectivity index (χ2n) is 7.80. The number of anilines is 1. The van der Waals surface area contributed by atoms with Gasteiger partial charge in [0.05, 0.1) is 38.5 Å². The highest BCUT2D eigenvalue weighted by Gasteiger charge is 2.20. The van der Waals surface area contributed by atoms with E-state index in [0.29, 0.717) is 17.9 Å². The van der Waals surface area contributed by atoms with Gasteiger partial charge in [0.25, 0.3) is 0 Å². The molecule has 1 aliphatic rings. The molecule has 0 aromatic heterocycles. The van der Waals surface area contributed by atoms with Crippen molar-refractivity contribution < 1.29 is 14.7 Å². The zero-order chi connectivity index (χ0) is 21.5. The highest BCUT2D eigenvalue weighted by molar-refractivity contribution is 5.86. The minimum absolute atomic E-state index is 0.126. The lowest BCUT2D eigenvalue weighted by atomic mass is 10.2. The van der Waals surface area contributed by atoms with Crippen molar-refractivity contribution >= 4 is 17.6 Å². The summed E-state index contributed by atoms with van der Waals surface area (Å²) in [6.45, 7) is 7.91. The van der Waals surface area contributed by atoms with Gasteiger partial charge in [0.15, 0.2) is 11.5 Å². The second-order valence-corrected chi connectivity index (χ2v) is 7.80. The predicted molar refractivity (Wildman–Crippen MR) is 126 cm³/mol. The van der Waals surface area contributed by atoms with E-state index in [1.807, 2.05) is 31.2 Å². The Morgan fingerprint density at radius 2 is 1.71 bits per heavy atom. The van der Waals surface area contributed by atoms with Crippen LogP contribution in [0.1, 0.15) is 18.1 Å². The standard InChI is InChI=1S/C26H29N3O2/c1-2-31-25-10-6-9-22(26(25)30)19-27-23-11-13-24(14-12-23)29-17-15-28(16-18-29)20-21-7-4-3-5-8-21/h3-14,19,30H,2,15-18,20H2,1H3/p+1. The molecule has 3 aromatic carbocycles. The van der Waals surface area contributed by atoms with Crippen molar-refractivity contribution in [2.45, 2.75) is 13.5 Å². The maximum atomic E-state index is 10.3. The smallest absolute Gasteiger partial charge is 0.166 e. The highest BCUT2D eigenvalue weighted by Crippen LogP contribution is 2.29. The molecule has 5 heteroatoms. The van der Waals surface area contributed by atoms with Crippen LogP contribution in [0.4, 0.5) is 11.4 Å². The molecule has 0 unspecified atom stereocenters. The monoisotopic (exact) mass is 416 g/mol. The number of nitrogens with one attached hydrogen (secondary N) is 1. The molecule has 0 saturated carbocycles. The van der Waals surface area contributed by atoms with Crippen LogP contribution in [0.15, 0.2) is 77.8 Å². The zero-order valence-corrected chi connectivity index (χ0v) is 18.0. The Morgan fingerprint density at radius 3 is 2.42 bits per heavy atom. The molecule has 0 radical (unpaired) electrons. The second kappa shape index (κ2) is 10.1. The molecule has 160 valence electrons. The first-order chi connectivity index (χ1) is 15.2. The quantitative estimate of drug-likeness (QED) is 0.580. The van der Waals surface area contributed by atoms with E-state index in [4.69, 9.17) is 4.74 Å². The summed E-state index contributed by atoms with van der Waals surface area (Å²) in [6, 6.07) is 24.5. The summed E-state index contributed by atoms with van der Waals surface area (Å²) in [5.74, 6) is 0.607. The maximum Gasteiger partial charge on any atom is 0.166 e. The number of aromatic hydroxyl groups is 1. The number of piperazine rings is 1. The summed E-state index contributed by atoms with van der Waals surface area (Å²) in [5.41, 5.74) is 4.15. The number of hydrogen-bond donors (Lipinski definition) is 2. The van der Waals surface area contributed by atoms with Crippen LogP contribution in [-0.2, 0) is 6.54 Å². The van der Waals surface area contributed by atoms with Gasteiger partial charge in [-0.1, -0.05) is 36.4 Å². The number of rotatable bonds is 7. The molecule has 0 aliphatic carbocycles. The van der Waals surface area contributed by atoms with Crippen molar-refractivity contribution in [3.05, 3.63) is 83.9 Å². The largest absolute Gasteiger partial charge is 0.504 e. The molecule has 4 rings (SSSR count). The predicted octanol–water partition coefficient (Wildman–Crippen LogP) is 3.45. The number of quaternary nitrogens is 1. The average Bonchev–Trinajstić information content (AvgIpc) is 2.81. The van der Waals surface area contributed by atoms with E-state index in [0.717, 1.165) is 38.4 Å². The fourth-order valence-corrected chi connectivity index (χ4v) is 3.95. The summed E-state index contributed by atoms with van der Waals surface area (Å²) in [4.78, 5) is 8.60. The molecule has 0 amide bonds. The van der Waals surface area contributed by atoms with Crippen molar-refractivity contribution in [2.24, 2.45) is 4.99 Å². The topological polar surface area (TPSA) is 49.5 Å². The van der Waals surface area contributed by atoms with Crippen LogP contribution in [0, 0.1) is 0 Å². The van der Waals surface area contributed by atoms with Crippen molar-refractivity contribution in [2.75, 3.05) is 37.7 Å². The SMILES string of the molecule is CCOc1cccc(C=Nc2ccc(N3CC[NH+](Cc4ccccc4)CC3)cc2)c1O. The van der Waals surface area contributed by atoms with Gasteiger partial charge >= 0.3 is 0 Å². The van der Waals surface area contributed by atoms with E-state index in [9.17, 15) is 5.11 Å². The number of phenolic OH excluding ortho intramolecular Hbond substituents is 1. The molecule has 3 aromatic rings. The van der Waals surface area contributed by atoms with Crippen LogP contribution in [0.3, 0.4) is 0 Å². The number of nitrogens with zero attached hydrogens (tertiary/aromatic N) is 2. The summed E-state index contributed by atoms with van der Waals surface area (Å²) >= 11 is 0. The van der Waals surface area contributed by atoms with Crippen molar-refractivity contribution in [3.8, 4) is 11.5 Å². The Balaban J connectivity index is 1.34. The Kier molecular flexibility index (Phi) is 6.85. The van der Waals surface area contributed by atoms with Crippen LogP contribution in [0.2, 0.25) is 0 Å². The van der Waals surface area contributed by atoms with Gasteiger partial charge < -0.3 is 19.6 Å². The lowest BCUT2D eigenvalue weighted by molar-refractivity contribution is -0.914. The normalized spacial score (nSPS) is 14.8. The summed E-state index contributed by atoms with van der Waals surface area (Å²) in [5, 5.41) is 10.3. The molecule has 31 heavy (non-hydrogen) atoms. The van der Waals surface area contributed by atoms with Gasteiger partial charge in [-0.2, -0.15) is 0 Å². The molecule has 0 bridgehead atoms. The highest BCUT2D eigenvalue weighted by atomic mass is 16.5. The molecule has 1 saturated heterocycles. The average molecular weight is 417 g/mol. The van der Waals surface area contributed by atoms with Crippen LogP contribution in [-0.4, -0.2) is 44.1 Å². The fraction of sp³-hybridized carbons (Fsp3) is 0.269. The third-order valence-corrected chi connectivity index (χ3v) is 5.67. The number of phenols is 1. The lowest BCUT2D eigenvalue weighted by Crippen LogP contribution is -3.13. The summed E-state index contributed by atoms with van der Waals surface area (Å²) in [7, 11) is 0. The molecule has 1 aliphatic heterocycles. The molecule has 5 nitrogen and oxygen atoms in total. The Bertz CT molecular complexity index is 995. The fourth-order valence-electron chi connectivity index (χ4n) is 3.95. The van der Waals surface area contributed by atoms with E-state index in [-0.39, 0.29) is 5.75 Å². The van der Waals surface area contributed by atoms with Crippen molar-refractivity contribution in [1.29, 1.82) is 0 Å². The number of hydrogen-bond acceptors (Lipinski definition) is 4. The van der Waals surface area contributed by atoms with E-state index in [1.165, 1.54) is 11.3 Å². The van der Waals surface area contributed by atoms with E-state index in [2.05, 4.69) is 52.4 Å².